The van der Waals surface area contributed by atoms with E-state index in [9.17, 15) is 0 Å². The van der Waals surface area contributed by atoms with Gasteiger partial charge in [0.2, 0.25) is 0 Å². The highest BCUT2D eigenvalue weighted by Crippen LogP contribution is 2.15. The fourth-order valence-corrected chi connectivity index (χ4v) is 2.15. The number of likely N-dealkylation sites (tertiary alicyclic amines) is 1. The van der Waals surface area contributed by atoms with Crippen LogP contribution in [0.3, 0.4) is 0 Å². The molecule has 1 N–H and O–H groups in total. The van der Waals surface area contributed by atoms with Crippen LogP contribution in [0.15, 0.2) is 12.2 Å². The molecule has 3 heteroatoms. The first kappa shape index (κ1) is 13.0. The minimum Gasteiger partial charge on any atom is -0.313 e. The van der Waals surface area contributed by atoms with Crippen molar-refractivity contribution in [2.45, 2.75) is 19.8 Å². The lowest BCUT2D eigenvalue weighted by atomic mass is 9.97. The summed E-state index contributed by atoms with van der Waals surface area (Å²) in [5.41, 5.74) is 0. The summed E-state index contributed by atoms with van der Waals surface area (Å²) in [5.74, 6) is 1.49. The molecule has 0 aromatic rings. The van der Waals surface area contributed by atoms with Gasteiger partial charge < -0.3 is 10.2 Å². The number of hydrogen-bond donors (Lipinski definition) is 1. The maximum atomic E-state index is 5.54. The fraction of sp³-hybridized carbons (Fsp3) is 0.833. The first-order chi connectivity index (χ1) is 7.36. The molecule has 0 aromatic carbocycles. The van der Waals surface area contributed by atoms with Gasteiger partial charge in [-0.1, -0.05) is 19.1 Å². The standard InChI is InChI=1S/C12H23ClN2/c1-2-15-9-5-12(6-10-15)11-14-8-4-3-7-13/h3-4,12,14H,2,5-11H2,1H3/b4-3+. The molecular formula is C12H23ClN2. The highest BCUT2D eigenvalue weighted by molar-refractivity contribution is 6.18. The zero-order chi connectivity index (χ0) is 10.9. The van der Waals surface area contributed by atoms with Crippen molar-refractivity contribution in [3.05, 3.63) is 12.2 Å². The lowest BCUT2D eigenvalue weighted by molar-refractivity contribution is 0.191. The second kappa shape index (κ2) is 8.14. The summed E-state index contributed by atoms with van der Waals surface area (Å²) >= 11 is 5.54. The molecule has 1 aliphatic rings. The Morgan fingerprint density at radius 3 is 2.67 bits per heavy atom. The third-order valence-electron chi connectivity index (χ3n) is 3.11. The van der Waals surface area contributed by atoms with Crippen LogP contribution in [0.4, 0.5) is 0 Å². The van der Waals surface area contributed by atoms with Gasteiger partial charge in [0.1, 0.15) is 0 Å². The van der Waals surface area contributed by atoms with E-state index >= 15 is 0 Å². The molecule has 1 saturated heterocycles. The Bertz CT molecular complexity index is 174. The van der Waals surface area contributed by atoms with E-state index in [4.69, 9.17) is 11.6 Å². The largest absolute Gasteiger partial charge is 0.313 e. The molecule has 2 nitrogen and oxygen atoms in total. The van der Waals surface area contributed by atoms with Crippen LogP contribution in [-0.4, -0.2) is 43.5 Å². The van der Waals surface area contributed by atoms with Crippen LogP contribution in [0.1, 0.15) is 19.8 Å². The third kappa shape index (κ3) is 5.55. The molecule has 1 aliphatic heterocycles. The average Bonchev–Trinajstić information content (AvgIpc) is 2.30. The Morgan fingerprint density at radius 2 is 2.07 bits per heavy atom. The molecule has 0 atom stereocenters. The first-order valence-electron chi connectivity index (χ1n) is 6.00. The summed E-state index contributed by atoms with van der Waals surface area (Å²) in [6, 6.07) is 0. The highest BCUT2D eigenvalue weighted by atomic mass is 35.5. The van der Waals surface area contributed by atoms with Gasteiger partial charge in [-0.3, -0.25) is 0 Å². The van der Waals surface area contributed by atoms with Crippen molar-refractivity contribution in [3.63, 3.8) is 0 Å². The van der Waals surface area contributed by atoms with E-state index in [2.05, 4.69) is 23.2 Å². The van der Waals surface area contributed by atoms with Crippen molar-refractivity contribution in [1.82, 2.24) is 10.2 Å². The fourth-order valence-electron chi connectivity index (χ4n) is 2.02. The molecule has 0 unspecified atom stereocenters. The maximum absolute atomic E-state index is 5.54. The number of hydrogen-bond acceptors (Lipinski definition) is 2. The lowest BCUT2D eigenvalue weighted by Crippen LogP contribution is -2.37. The number of alkyl halides is 1. The Balaban J connectivity index is 2.01. The second-order valence-corrected chi connectivity index (χ2v) is 4.47. The van der Waals surface area contributed by atoms with Gasteiger partial charge in [-0.05, 0) is 44.9 Å². The van der Waals surface area contributed by atoms with Gasteiger partial charge in [0.25, 0.3) is 0 Å². The molecule has 0 bridgehead atoms. The van der Waals surface area contributed by atoms with E-state index in [-0.39, 0.29) is 0 Å². The van der Waals surface area contributed by atoms with Gasteiger partial charge in [0.05, 0.1) is 0 Å². The predicted molar refractivity (Wildman–Crippen MR) is 67.6 cm³/mol. The van der Waals surface area contributed by atoms with Crippen LogP contribution in [-0.2, 0) is 0 Å². The lowest BCUT2D eigenvalue weighted by Gasteiger charge is -2.31. The van der Waals surface area contributed by atoms with Crippen LogP contribution < -0.4 is 5.32 Å². The van der Waals surface area contributed by atoms with Gasteiger partial charge in [-0.25, -0.2) is 0 Å². The van der Waals surface area contributed by atoms with E-state index in [1.165, 1.54) is 32.5 Å². The quantitative estimate of drug-likeness (QED) is 0.427. The summed E-state index contributed by atoms with van der Waals surface area (Å²) in [4.78, 5) is 2.53. The Labute approximate surface area is 98.7 Å². The number of nitrogens with one attached hydrogen (secondary N) is 1. The third-order valence-corrected chi connectivity index (χ3v) is 3.28. The van der Waals surface area contributed by atoms with Crippen molar-refractivity contribution in [2.75, 3.05) is 38.6 Å². The zero-order valence-electron chi connectivity index (χ0n) is 9.71. The van der Waals surface area contributed by atoms with Gasteiger partial charge in [-0.2, -0.15) is 0 Å². The molecule has 0 spiro atoms. The number of nitrogens with zero attached hydrogens (tertiary/aromatic N) is 1. The number of rotatable bonds is 6. The minimum atomic E-state index is 0.622. The molecule has 0 saturated carbocycles. The van der Waals surface area contributed by atoms with Crippen molar-refractivity contribution in [3.8, 4) is 0 Å². The SMILES string of the molecule is CCN1CCC(CNC/C=C/CCl)CC1. The van der Waals surface area contributed by atoms with E-state index in [1.54, 1.807) is 0 Å². The number of piperidine rings is 1. The minimum absolute atomic E-state index is 0.622. The molecule has 0 aliphatic carbocycles. The van der Waals surface area contributed by atoms with Crippen LogP contribution in [0.25, 0.3) is 0 Å². The molecule has 0 radical (unpaired) electrons. The summed E-state index contributed by atoms with van der Waals surface area (Å²) in [7, 11) is 0. The van der Waals surface area contributed by atoms with Crippen LogP contribution in [0, 0.1) is 5.92 Å². The maximum Gasteiger partial charge on any atom is 0.0404 e. The summed E-state index contributed by atoms with van der Waals surface area (Å²) in [6.45, 7) is 8.12. The molecule has 1 heterocycles. The van der Waals surface area contributed by atoms with Crippen molar-refractivity contribution < 1.29 is 0 Å². The Kier molecular flexibility index (Phi) is 7.07. The molecule has 15 heavy (non-hydrogen) atoms. The zero-order valence-corrected chi connectivity index (χ0v) is 10.5. The van der Waals surface area contributed by atoms with Crippen LogP contribution in [0.2, 0.25) is 0 Å². The van der Waals surface area contributed by atoms with E-state index in [0.717, 1.165) is 19.0 Å². The topological polar surface area (TPSA) is 15.3 Å². The summed E-state index contributed by atoms with van der Waals surface area (Å²) < 4.78 is 0. The summed E-state index contributed by atoms with van der Waals surface area (Å²) in [5, 5.41) is 3.46. The van der Waals surface area contributed by atoms with E-state index in [1.807, 2.05) is 6.08 Å². The monoisotopic (exact) mass is 230 g/mol. The van der Waals surface area contributed by atoms with Gasteiger partial charge in [0.15, 0.2) is 0 Å². The van der Waals surface area contributed by atoms with Crippen LogP contribution in [0.5, 0.6) is 0 Å². The normalized spacial score (nSPS) is 20.1. The van der Waals surface area contributed by atoms with Gasteiger partial charge in [-0.15, -0.1) is 11.6 Å². The summed E-state index contributed by atoms with van der Waals surface area (Å²) in [6.07, 6.45) is 6.79. The molecule has 0 aromatic heterocycles. The number of allylic oxidation sites excluding steroid dienone is 1. The predicted octanol–water partition coefficient (Wildman–Crippen LogP) is 2.10. The Morgan fingerprint density at radius 1 is 1.33 bits per heavy atom. The van der Waals surface area contributed by atoms with Crippen molar-refractivity contribution in [1.29, 1.82) is 0 Å². The van der Waals surface area contributed by atoms with Crippen LogP contribution >= 0.6 is 11.6 Å². The first-order valence-corrected chi connectivity index (χ1v) is 6.54. The van der Waals surface area contributed by atoms with Gasteiger partial charge in [0, 0.05) is 12.4 Å². The molecule has 88 valence electrons. The highest BCUT2D eigenvalue weighted by Gasteiger charge is 2.16. The van der Waals surface area contributed by atoms with Crippen molar-refractivity contribution in [2.24, 2.45) is 5.92 Å². The smallest absolute Gasteiger partial charge is 0.0404 e. The second-order valence-electron chi connectivity index (χ2n) is 4.16. The number of halogens is 1. The van der Waals surface area contributed by atoms with E-state index < -0.39 is 0 Å². The Hall–Kier alpha value is -0.0500. The molecular weight excluding hydrogens is 208 g/mol. The molecule has 0 amide bonds. The molecule has 1 rings (SSSR count). The molecule has 1 fully saturated rings. The van der Waals surface area contributed by atoms with E-state index in [0.29, 0.717) is 5.88 Å². The van der Waals surface area contributed by atoms with Gasteiger partial charge >= 0.3 is 0 Å². The van der Waals surface area contributed by atoms with Crippen molar-refractivity contribution >= 4 is 11.6 Å². The average molecular weight is 231 g/mol.